The van der Waals surface area contributed by atoms with Gasteiger partial charge in [0.05, 0.1) is 6.61 Å². The van der Waals surface area contributed by atoms with E-state index < -0.39 is 11.9 Å². The standard InChI is InChI=1S/C22H24N2O5/c1-3-28-18-10-8-16(9-11-18)22(27)23-13-21(26)29-14-20(25)24-15(2)12-17-6-4-5-7-19(17)24/h4-11,15H,3,12-14H2,1-2H3,(H,23,27)/t15-/m0/s1. The van der Waals surface area contributed by atoms with E-state index in [-0.39, 0.29) is 25.1 Å². The Labute approximate surface area is 169 Å². The summed E-state index contributed by atoms with van der Waals surface area (Å²) in [4.78, 5) is 38.2. The van der Waals surface area contributed by atoms with Crippen LogP contribution in [-0.4, -0.2) is 43.6 Å². The molecule has 0 unspecified atom stereocenters. The summed E-state index contributed by atoms with van der Waals surface area (Å²) >= 11 is 0. The van der Waals surface area contributed by atoms with Crippen LogP contribution in [0.4, 0.5) is 5.69 Å². The number of hydrogen-bond donors (Lipinski definition) is 1. The van der Waals surface area contributed by atoms with Gasteiger partial charge in [0, 0.05) is 17.3 Å². The Bertz CT molecular complexity index is 894. The van der Waals surface area contributed by atoms with Crippen LogP contribution in [0.1, 0.15) is 29.8 Å². The molecule has 2 amide bonds. The number of carbonyl (C=O) groups is 3. The van der Waals surface area contributed by atoms with E-state index in [9.17, 15) is 14.4 Å². The van der Waals surface area contributed by atoms with E-state index in [4.69, 9.17) is 9.47 Å². The van der Waals surface area contributed by atoms with Crippen molar-refractivity contribution in [1.82, 2.24) is 5.32 Å². The molecule has 29 heavy (non-hydrogen) atoms. The van der Waals surface area contributed by atoms with Gasteiger partial charge in [-0.3, -0.25) is 14.4 Å². The lowest BCUT2D eigenvalue weighted by molar-refractivity contribution is -0.146. The van der Waals surface area contributed by atoms with Gasteiger partial charge in [0.15, 0.2) is 6.61 Å². The minimum absolute atomic E-state index is 0.0120. The fourth-order valence-electron chi connectivity index (χ4n) is 3.33. The number of anilines is 1. The highest BCUT2D eigenvalue weighted by molar-refractivity contribution is 5.98. The third kappa shape index (κ3) is 4.93. The molecule has 0 saturated heterocycles. The molecule has 0 fully saturated rings. The molecule has 7 nitrogen and oxygen atoms in total. The average Bonchev–Trinajstić information content (AvgIpc) is 3.06. The number of hydrogen-bond acceptors (Lipinski definition) is 5. The minimum atomic E-state index is -0.669. The van der Waals surface area contributed by atoms with Crippen molar-refractivity contribution in [2.45, 2.75) is 26.3 Å². The number of amides is 2. The van der Waals surface area contributed by atoms with Gasteiger partial charge >= 0.3 is 5.97 Å². The molecule has 2 aromatic carbocycles. The summed E-state index contributed by atoms with van der Waals surface area (Å²) in [6.45, 7) is 3.69. The van der Waals surface area contributed by atoms with Gasteiger partial charge in [-0.1, -0.05) is 18.2 Å². The van der Waals surface area contributed by atoms with Crippen molar-refractivity contribution in [3.63, 3.8) is 0 Å². The van der Waals surface area contributed by atoms with Gasteiger partial charge in [0.25, 0.3) is 11.8 Å². The predicted octanol–water partition coefficient (Wildman–Crippen LogP) is 2.34. The number of nitrogens with one attached hydrogen (secondary N) is 1. The van der Waals surface area contributed by atoms with Crippen LogP contribution in [0.2, 0.25) is 0 Å². The molecule has 0 bridgehead atoms. The number of nitrogens with zero attached hydrogens (tertiary/aromatic N) is 1. The first-order valence-corrected chi connectivity index (χ1v) is 9.56. The number of para-hydroxylation sites is 1. The molecule has 0 saturated carbocycles. The molecule has 1 N–H and O–H groups in total. The molecule has 3 rings (SSSR count). The van der Waals surface area contributed by atoms with Gasteiger partial charge in [0.2, 0.25) is 0 Å². The summed E-state index contributed by atoms with van der Waals surface area (Å²) in [5.41, 5.74) is 2.35. The van der Waals surface area contributed by atoms with Gasteiger partial charge in [-0.25, -0.2) is 0 Å². The third-order valence-electron chi connectivity index (χ3n) is 4.65. The topological polar surface area (TPSA) is 84.9 Å². The van der Waals surface area contributed by atoms with Crippen molar-refractivity contribution in [3.8, 4) is 5.75 Å². The van der Waals surface area contributed by atoms with Crippen LogP contribution in [0.3, 0.4) is 0 Å². The van der Waals surface area contributed by atoms with Gasteiger partial charge < -0.3 is 19.7 Å². The second-order valence-electron chi connectivity index (χ2n) is 6.75. The molecule has 0 spiro atoms. The van der Waals surface area contributed by atoms with Crippen molar-refractivity contribution >= 4 is 23.5 Å². The van der Waals surface area contributed by atoms with Crippen molar-refractivity contribution in [3.05, 3.63) is 59.7 Å². The van der Waals surface area contributed by atoms with E-state index in [1.807, 2.05) is 38.1 Å². The van der Waals surface area contributed by atoms with Gasteiger partial charge in [-0.05, 0) is 56.2 Å². The Kier molecular flexibility index (Phi) is 6.49. The van der Waals surface area contributed by atoms with E-state index in [0.29, 0.717) is 17.9 Å². The highest BCUT2D eigenvalue weighted by Gasteiger charge is 2.30. The summed E-state index contributed by atoms with van der Waals surface area (Å²) in [6.07, 6.45) is 0.772. The predicted molar refractivity (Wildman–Crippen MR) is 108 cm³/mol. The Balaban J connectivity index is 1.46. The maximum atomic E-state index is 12.5. The van der Waals surface area contributed by atoms with E-state index >= 15 is 0 Å². The molecule has 0 aliphatic carbocycles. The summed E-state index contributed by atoms with van der Waals surface area (Å²) < 4.78 is 10.4. The van der Waals surface area contributed by atoms with Crippen LogP contribution >= 0.6 is 0 Å². The lowest BCUT2D eigenvalue weighted by atomic mass is 10.1. The minimum Gasteiger partial charge on any atom is -0.494 e. The zero-order chi connectivity index (χ0) is 20.8. The van der Waals surface area contributed by atoms with Crippen LogP contribution in [0, 0.1) is 0 Å². The smallest absolute Gasteiger partial charge is 0.325 e. The molecular weight excluding hydrogens is 372 g/mol. The Morgan fingerprint density at radius 3 is 2.55 bits per heavy atom. The fourth-order valence-corrected chi connectivity index (χ4v) is 3.33. The van der Waals surface area contributed by atoms with Crippen molar-refractivity contribution in [2.75, 3.05) is 24.7 Å². The monoisotopic (exact) mass is 396 g/mol. The van der Waals surface area contributed by atoms with Crippen LogP contribution in [-0.2, 0) is 20.7 Å². The largest absolute Gasteiger partial charge is 0.494 e. The number of esters is 1. The summed E-state index contributed by atoms with van der Waals surface area (Å²) in [5.74, 6) is -0.690. The first-order valence-electron chi connectivity index (χ1n) is 9.56. The van der Waals surface area contributed by atoms with E-state index in [1.165, 1.54) is 0 Å². The third-order valence-corrected chi connectivity index (χ3v) is 4.65. The Morgan fingerprint density at radius 2 is 1.83 bits per heavy atom. The van der Waals surface area contributed by atoms with Crippen molar-refractivity contribution < 1.29 is 23.9 Å². The van der Waals surface area contributed by atoms with Gasteiger partial charge in [-0.15, -0.1) is 0 Å². The van der Waals surface area contributed by atoms with E-state index in [0.717, 1.165) is 17.7 Å². The highest BCUT2D eigenvalue weighted by Crippen LogP contribution is 2.31. The molecule has 0 aromatic heterocycles. The lowest BCUT2D eigenvalue weighted by Crippen LogP contribution is -2.39. The van der Waals surface area contributed by atoms with Crippen LogP contribution < -0.4 is 15.0 Å². The first kappa shape index (κ1) is 20.4. The van der Waals surface area contributed by atoms with Crippen LogP contribution in [0.5, 0.6) is 5.75 Å². The zero-order valence-electron chi connectivity index (χ0n) is 16.5. The molecule has 1 atom stereocenters. The van der Waals surface area contributed by atoms with Crippen LogP contribution in [0.15, 0.2) is 48.5 Å². The SMILES string of the molecule is CCOc1ccc(C(=O)NCC(=O)OCC(=O)N2c3ccccc3C[C@@H]2C)cc1. The number of benzene rings is 2. The van der Waals surface area contributed by atoms with Crippen molar-refractivity contribution in [1.29, 1.82) is 0 Å². The Morgan fingerprint density at radius 1 is 1.10 bits per heavy atom. The molecular formula is C22H24N2O5. The highest BCUT2D eigenvalue weighted by atomic mass is 16.5. The zero-order valence-corrected chi connectivity index (χ0v) is 16.5. The summed E-state index contributed by atoms with van der Waals surface area (Å²) in [5, 5.41) is 2.49. The fraction of sp³-hybridized carbons (Fsp3) is 0.318. The quantitative estimate of drug-likeness (QED) is 0.726. The molecule has 1 aliphatic heterocycles. The molecule has 0 radical (unpaired) electrons. The number of ether oxygens (including phenoxy) is 2. The molecule has 2 aromatic rings. The lowest BCUT2D eigenvalue weighted by Gasteiger charge is -2.22. The Hall–Kier alpha value is -3.35. The van der Waals surface area contributed by atoms with E-state index in [2.05, 4.69) is 5.32 Å². The number of rotatable bonds is 7. The maximum absolute atomic E-state index is 12.5. The average molecular weight is 396 g/mol. The molecule has 152 valence electrons. The summed E-state index contributed by atoms with van der Waals surface area (Å²) in [7, 11) is 0. The first-order chi connectivity index (χ1) is 14.0. The second kappa shape index (κ2) is 9.23. The molecule has 7 heteroatoms. The molecule has 1 heterocycles. The van der Waals surface area contributed by atoms with Gasteiger partial charge in [0.1, 0.15) is 12.3 Å². The maximum Gasteiger partial charge on any atom is 0.325 e. The van der Waals surface area contributed by atoms with Gasteiger partial charge in [-0.2, -0.15) is 0 Å². The second-order valence-corrected chi connectivity index (χ2v) is 6.75. The summed E-state index contributed by atoms with van der Waals surface area (Å²) in [6, 6.07) is 14.3. The van der Waals surface area contributed by atoms with E-state index in [1.54, 1.807) is 29.2 Å². The number of carbonyl (C=O) groups excluding carboxylic acids is 3. The normalized spacial score (nSPS) is 14.8. The van der Waals surface area contributed by atoms with Crippen molar-refractivity contribution in [2.24, 2.45) is 0 Å². The molecule has 1 aliphatic rings. The number of fused-ring (bicyclic) bond motifs is 1. The van der Waals surface area contributed by atoms with Crippen LogP contribution in [0.25, 0.3) is 0 Å².